The number of ether oxygens (including phenoxy) is 9. The first kappa shape index (κ1) is 106. The molecule has 3 N–H and O–H groups in total. The molecule has 9 heterocycles. The maximum atomic E-state index is 14.6. The Morgan fingerprint density at radius 2 is 0.713 bits per heavy atom. The predicted octanol–water partition coefficient (Wildman–Crippen LogP) is 18.1. The monoisotopic (exact) mass is 2030 g/mol. The molecule has 6 aliphatic carbocycles. The summed E-state index contributed by atoms with van der Waals surface area (Å²) in [5, 5.41) is 2.00. The fraction of sp³-hybridized carbons (Fsp3) is 0.618. The number of hydrogen-bond acceptors (Lipinski definition) is 24. The van der Waals surface area contributed by atoms with Gasteiger partial charge in [-0.25, -0.2) is 15.0 Å². The van der Waals surface area contributed by atoms with E-state index in [-0.39, 0.29) is 173 Å². The molecule has 3 aromatic carbocycles. The van der Waals surface area contributed by atoms with Crippen molar-refractivity contribution < 1.29 is 114 Å². The van der Waals surface area contributed by atoms with E-state index in [0.29, 0.717) is 49.9 Å². The molecule has 9 unspecified atom stereocenters. The first-order chi connectivity index (χ1) is 68.4. The van der Waals surface area contributed by atoms with Crippen LogP contribution in [0.4, 0.5) is 0 Å². The fourth-order valence-electron chi connectivity index (χ4n) is 25.0. The van der Waals surface area contributed by atoms with E-state index in [2.05, 4.69) is 48.5 Å². The number of carbonyl (C=O) groups is 9. The molecule has 18 rings (SSSR count). The number of cyclic esters (lactones) is 3. The van der Waals surface area contributed by atoms with Crippen molar-refractivity contribution in [3.8, 4) is 34.9 Å². The van der Waals surface area contributed by atoms with E-state index < -0.39 is 110 Å². The fourth-order valence-corrected chi connectivity index (χ4v) is 30.1. The molecule has 6 saturated carbocycles. The molecule has 20 atom stereocenters. The van der Waals surface area contributed by atoms with Crippen molar-refractivity contribution in [2.24, 2.45) is 65.1 Å². The number of aromatic nitrogens is 3. The summed E-state index contributed by atoms with van der Waals surface area (Å²) in [7, 11) is -6.00. The minimum absolute atomic E-state index is 0.0187. The van der Waals surface area contributed by atoms with Crippen molar-refractivity contribution >= 4 is 107 Å². The zero-order valence-electron chi connectivity index (χ0n) is 84.3. The Labute approximate surface area is 839 Å². The van der Waals surface area contributed by atoms with Crippen LogP contribution in [0.2, 0.25) is 0 Å². The number of pyridine rings is 3. The average molecular weight is 2030 g/mol. The number of ketones is 3. The summed E-state index contributed by atoms with van der Waals surface area (Å²) in [6, 6.07) is 15.2. The van der Waals surface area contributed by atoms with E-state index in [0.717, 1.165) is 201 Å². The standard InChI is InChI=1S/2C37H49N2O8P.C36H47N2O8P/c2*1-5-27-19-37(27,48(4,43)44)20-32(40)31-17-28-21-39(31)36(42)30(24-10-6-7-11-24)18-34(41)46-22-23(2)9-8-12-26-15-29-25(16-33(26)45-3)13-14-38-35(29)47-28;1-4-26-20-36(26,47(3,42)43)21-31(39)30-18-27-22-38(30)35(41)29(23-10-7-8-11-23)19-33(40)45-15-9-5-6-12-25-16-28-24(17-32(25)44-2)13-14-37-34(28)46-27/h2*5,13-16,23-24,27-28,30-31H,1,6-12,17-22H2,2-4H3,(H,43,44);4,13-14,16-17,23,26-27,29-30H,1,5-12,15,18-22H2,2-3H3,(H,42,43)/t23-,27?,28+,30-,31-,37?;23-,27?,28-,30+,31+,37?;26?,27-,29+,30+,36?/m011/s1. The van der Waals surface area contributed by atoms with E-state index in [9.17, 15) is 71.5 Å². The maximum Gasteiger partial charge on any atom is 0.306 e. The zero-order chi connectivity index (χ0) is 102. The van der Waals surface area contributed by atoms with Gasteiger partial charge in [-0.05, 0) is 257 Å². The number of benzene rings is 3. The molecule has 12 aliphatic rings. The van der Waals surface area contributed by atoms with Crippen LogP contribution in [0.5, 0.6) is 34.9 Å². The normalized spacial score (nSPS) is 31.0. The summed E-state index contributed by atoms with van der Waals surface area (Å²) in [5.74, 6) is -1.32. The Morgan fingerprint density at radius 3 is 0.993 bits per heavy atom. The number of fused-ring (bicyclic) bond motifs is 9. The largest absolute Gasteiger partial charge is 0.496 e. The van der Waals surface area contributed by atoms with Crippen LogP contribution in [0.25, 0.3) is 32.3 Å². The van der Waals surface area contributed by atoms with Gasteiger partial charge in [0.2, 0.25) is 57.5 Å². The van der Waals surface area contributed by atoms with Gasteiger partial charge in [-0.15, -0.1) is 19.7 Å². The SMILES string of the molecule is C=CC1CC1(CC(=O)[C@@H]1C[C@@H]2CN1C(=O)[C@H](C1CCCC1)CC(=O)OCCCCCc1cc3c(nccc3cc1OC)O2)P(C)(=O)O.C=CC1CC1(CC(=O)[C@@H]1C[C@@H]2CN1C(=O)[C@H](C1CCCC1)CC(=O)OC[C@@H](C)CCCc1cc3c(nccc3cc1OC)O2)P(C)(=O)O.C=CC1CC1(CC(=O)[C@@H]1C[C@@H]2CN1C(=O)[C@H](C1CCCC1)CC(=O)OC[C@H](C)CCCc1cc3c(nccc3cc1OC)O2)P(C)(=O)O. The second-order valence-electron chi connectivity index (χ2n) is 43.4. The highest BCUT2D eigenvalue weighted by Gasteiger charge is 2.67. The van der Waals surface area contributed by atoms with Crippen LogP contribution < -0.4 is 28.4 Å². The highest BCUT2D eigenvalue weighted by Crippen LogP contribution is 2.73. The van der Waals surface area contributed by atoms with Crippen LogP contribution in [-0.2, 0) is 90.3 Å². The van der Waals surface area contributed by atoms with E-state index in [1.165, 1.54) is 20.0 Å². The zero-order valence-corrected chi connectivity index (χ0v) is 87.0. The molecular weight excluding hydrogens is 1880 g/mol. The third-order valence-electron chi connectivity index (χ3n) is 33.8. The molecule has 0 spiro atoms. The van der Waals surface area contributed by atoms with E-state index in [1.807, 2.05) is 54.6 Å². The molecule has 9 fully saturated rings. The van der Waals surface area contributed by atoms with Crippen molar-refractivity contribution in [3.63, 3.8) is 0 Å². The van der Waals surface area contributed by atoms with E-state index >= 15 is 0 Å². The number of aryl methyl sites for hydroxylation is 3. The molecule has 0 radical (unpaired) electrons. The minimum atomic E-state index is -3.65. The van der Waals surface area contributed by atoms with Gasteiger partial charge in [0.1, 0.15) is 35.6 Å². The van der Waals surface area contributed by atoms with Crippen molar-refractivity contribution in [1.82, 2.24) is 29.7 Å². The Hall–Kier alpha value is -9.69. The molecule has 33 heteroatoms. The van der Waals surface area contributed by atoms with Gasteiger partial charge >= 0.3 is 17.9 Å². The van der Waals surface area contributed by atoms with Gasteiger partial charge in [0, 0.05) is 93.3 Å². The molecule has 3 aromatic heterocycles. The summed E-state index contributed by atoms with van der Waals surface area (Å²) in [5.41, 5.74) is 3.05. The Kier molecular flexibility index (Phi) is 33.3. The summed E-state index contributed by atoms with van der Waals surface area (Å²) in [6.07, 6.45) is 28.9. The first-order valence-corrected chi connectivity index (χ1v) is 58.4. The van der Waals surface area contributed by atoms with Gasteiger partial charge in [0.05, 0.1) is 131 Å². The third kappa shape index (κ3) is 23.5. The molecule has 774 valence electrons. The number of carbonyl (C=O) groups excluding carboxylic acids is 9. The summed E-state index contributed by atoms with van der Waals surface area (Å²) >= 11 is 0. The molecular formula is C110H145N6O24P3. The predicted molar refractivity (Wildman–Crippen MR) is 543 cm³/mol. The lowest BCUT2D eigenvalue weighted by Crippen LogP contribution is -2.46. The van der Waals surface area contributed by atoms with Crippen LogP contribution in [-0.4, -0.2) is 230 Å². The minimum Gasteiger partial charge on any atom is -0.496 e. The lowest BCUT2D eigenvalue weighted by atomic mass is 9.86. The van der Waals surface area contributed by atoms with Crippen LogP contribution in [0.15, 0.2) is 111 Å². The number of methoxy groups -OCH3 is 3. The quantitative estimate of drug-likeness (QED) is 0.0261. The number of Topliss-reactive ketones (excluding diaryl/α,β-unsaturated/α-hetero) is 3. The van der Waals surface area contributed by atoms with E-state index in [1.54, 1.807) is 72.8 Å². The third-order valence-corrected chi connectivity index (χ3v) is 40.7. The maximum absolute atomic E-state index is 14.6. The Bertz CT molecular complexity index is 5700. The van der Waals surface area contributed by atoms with Crippen molar-refractivity contribution in [1.29, 1.82) is 0 Å². The number of amides is 3. The lowest BCUT2D eigenvalue weighted by Gasteiger charge is -2.31. The number of nitrogens with zero attached hydrogens (tertiary/aromatic N) is 6. The first-order valence-electron chi connectivity index (χ1n) is 52.0. The molecule has 143 heavy (non-hydrogen) atoms. The summed E-state index contributed by atoms with van der Waals surface area (Å²) < 4.78 is 93.1. The second kappa shape index (κ2) is 44.9. The van der Waals surface area contributed by atoms with Gasteiger partial charge in [-0.3, -0.25) is 56.8 Å². The highest BCUT2D eigenvalue weighted by atomic mass is 31.2. The van der Waals surface area contributed by atoms with Crippen LogP contribution in [0.3, 0.4) is 0 Å². The van der Waals surface area contributed by atoms with Crippen molar-refractivity contribution in [2.75, 3.05) is 80.8 Å². The summed E-state index contributed by atoms with van der Waals surface area (Å²) in [4.78, 5) is 176. The van der Waals surface area contributed by atoms with Gasteiger partial charge in [0.25, 0.3) is 0 Å². The molecule has 6 aliphatic heterocycles. The van der Waals surface area contributed by atoms with Gasteiger partial charge in [-0.1, -0.05) is 70.6 Å². The lowest BCUT2D eigenvalue weighted by molar-refractivity contribution is -0.152. The van der Waals surface area contributed by atoms with Crippen LogP contribution >= 0.6 is 22.1 Å². The van der Waals surface area contributed by atoms with Crippen molar-refractivity contribution in [2.45, 2.75) is 284 Å². The van der Waals surface area contributed by atoms with Crippen molar-refractivity contribution in [3.05, 3.63) is 128 Å². The molecule has 12 bridgehead atoms. The summed E-state index contributed by atoms with van der Waals surface area (Å²) in [6.45, 7) is 20.8. The highest BCUT2D eigenvalue weighted by molar-refractivity contribution is 7.60. The second-order valence-corrected chi connectivity index (χ2v) is 51.4. The van der Waals surface area contributed by atoms with Crippen LogP contribution in [0, 0.1) is 65.1 Å². The molecule has 3 amide bonds. The Morgan fingerprint density at radius 1 is 0.420 bits per heavy atom. The van der Waals surface area contributed by atoms with Crippen LogP contribution in [0.1, 0.15) is 230 Å². The topological polar surface area (TPSA) is 397 Å². The van der Waals surface area contributed by atoms with Gasteiger partial charge in [-0.2, -0.15) is 0 Å². The smallest absolute Gasteiger partial charge is 0.306 e. The average Bonchev–Trinajstić information content (AvgIpc) is 1.57. The number of hydrogen-bond donors (Lipinski definition) is 3. The number of esters is 3. The molecule has 6 aromatic rings. The van der Waals surface area contributed by atoms with Gasteiger partial charge in [0.15, 0.2) is 17.3 Å². The molecule has 3 saturated heterocycles. The van der Waals surface area contributed by atoms with Gasteiger partial charge < -0.3 is 72.0 Å². The molecule has 30 nitrogen and oxygen atoms in total. The van der Waals surface area contributed by atoms with E-state index in [4.69, 9.17) is 42.6 Å². The number of allylic oxidation sites excluding steroid dienone is 3. The Balaban J connectivity index is 0.000000154. The number of rotatable bonds is 21.